The number of aromatic nitrogens is 1. The standard InChI is InChI=1S/C27H41N3O4S/c1-27(2,33)20-9-7-15-30(18-20)26(32)22-12-13-23(28-25(22)35-21-10-4-5-11-21)29-14-6-8-19(17-29)16-24(31)34-3/h12-13,19-21,33H,4-11,14-18H2,1-3H3/t19-,20?/m0/s1. The van der Waals surface area contributed by atoms with Gasteiger partial charge in [0, 0.05) is 43.8 Å². The molecule has 0 aromatic carbocycles. The van der Waals surface area contributed by atoms with Crippen LogP contribution in [0.25, 0.3) is 0 Å². The summed E-state index contributed by atoms with van der Waals surface area (Å²) in [6, 6.07) is 3.93. The molecule has 3 heterocycles. The third-order valence-corrected chi connectivity index (χ3v) is 9.23. The minimum absolute atomic E-state index is 0.0284. The molecule has 2 aliphatic heterocycles. The molecule has 35 heavy (non-hydrogen) atoms. The first kappa shape index (κ1) is 26.3. The highest BCUT2D eigenvalue weighted by atomic mass is 32.2. The minimum Gasteiger partial charge on any atom is -0.469 e. The lowest BCUT2D eigenvalue weighted by Crippen LogP contribution is -2.47. The van der Waals surface area contributed by atoms with Crippen molar-refractivity contribution in [3.63, 3.8) is 0 Å². The van der Waals surface area contributed by atoms with Crippen LogP contribution in [-0.2, 0) is 9.53 Å². The molecule has 0 bridgehead atoms. The monoisotopic (exact) mass is 503 g/mol. The van der Waals surface area contributed by atoms with Gasteiger partial charge in [-0.05, 0) is 70.4 Å². The summed E-state index contributed by atoms with van der Waals surface area (Å²) < 4.78 is 4.88. The zero-order valence-corrected chi connectivity index (χ0v) is 22.3. The number of thioether (sulfide) groups is 1. The first-order valence-electron chi connectivity index (χ1n) is 13.3. The molecule has 1 aliphatic carbocycles. The fourth-order valence-electron chi connectivity index (χ4n) is 5.69. The van der Waals surface area contributed by atoms with Crippen LogP contribution in [0, 0.1) is 11.8 Å². The number of aliphatic hydroxyl groups is 1. The van der Waals surface area contributed by atoms with Crippen molar-refractivity contribution in [2.24, 2.45) is 11.8 Å². The number of anilines is 1. The zero-order valence-electron chi connectivity index (χ0n) is 21.5. The van der Waals surface area contributed by atoms with Crippen LogP contribution in [0.15, 0.2) is 17.2 Å². The van der Waals surface area contributed by atoms with E-state index in [1.54, 1.807) is 11.8 Å². The van der Waals surface area contributed by atoms with Crippen LogP contribution in [0.2, 0.25) is 0 Å². The van der Waals surface area contributed by atoms with E-state index >= 15 is 0 Å². The van der Waals surface area contributed by atoms with Crippen LogP contribution in [0.3, 0.4) is 0 Å². The number of esters is 1. The van der Waals surface area contributed by atoms with Crippen LogP contribution >= 0.6 is 11.8 Å². The second-order valence-corrected chi connectivity index (χ2v) is 12.3. The van der Waals surface area contributed by atoms with Crippen LogP contribution in [0.1, 0.15) is 82.0 Å². The Kier molecular flexibility index (Phi) is 8.63. The first-order chi connectivity index (χ1) is 16.7. The van der Waals surface area contributed by atoms with Crippen LogP contribution < -0.4 is 4.90 Å². The predicted molar refractivity (Wildman–Crippen MR) is 139 cm³/mol. The smallest absolute Gasteiger partial charge is 0.305 e. The number of nitrogens with zero attached hydrogens (tertiary/aromatic N) is 3. The SMILES string of the molecule is COC(=O)C[C@@H]1CCCN(c2ccc(C(=O)N3CCCC(C(C)(C)O)C3)c(SC3CCCC3)n2)C1. The number of hydrogen-bond acceptors (Lipinski definition) is 7. The summed E-state index contributed by atoms with van der Waals surface area (Å²) in [5, 5.41) is 11.9. The Morgan fingerprint density at radius 1 is 1.09 bits per heavy atom. The Bertz CT molecular complexity index is 897. The number of carbonyl (C=O) groups is 2. The van der Waals surface area contributed by atoms with Gasteiger partial charge in [-0.1, -0.05) is 12.8 Å². The molecule has 1 saturated carbocycles. The van der Waals surface area contributed by atoms with E-state index in [1.165, 1.54) is 32.8 Å². The maximum absolute atomic E-state index is 13.7. The van der Waals surface area contributed by atoms with E-state index in [0.29, 0.717) is 23.8 Å². The van der Waals surface area contributed by atoms with Crippen molar-refractivity contribution in [1.82, 2.24) is 9.88 Å². The Morgan fingerprint density at radius 3 is 2.54 bits per heavy atom. The lowest BCUT2D eigenvalue weighted by Gasteiger charge is -2.39. The molecule has 3 fully saturated rings. The molecule has 1 aromatic rings. The second kappa shape index (κ2) is 11.5. The molecule has 0 spiro atoms. The summed E-state index contributed by atoms with van der Waals surface area (Å²) in [7, 11) is 1.44. The van der Waals surface area contributed by atoms with Crippen molar-refractivity contribution in [2.75, 3.05) is 38.2 Å². The van der Waals surface area contributed by atoms with E-state index in [-0.39, 0.29) is 23.7 Å². The van der Waals surface area contributed by atoms with Gasteiger partial charge >= 0.3 is 5.97 Å². The molecule has 0 radical (unpaired) electrons. The van der Waals surface area contributed by atoms with Gasteiger partial charge in [-0.15, -0.1) is 11.8 Å². The third kappa shape index (κ3) is 6.70. The van der Waals surface area contributed by atoms with E-state index in [1.807, 2.05) is 30.9 Å². The largest absolute Gasteiger partial charge is 0.469 e. The number of amides is 1. The molecule has 3 aliphatic rings. The normalized spacial score (nSPS) is 24.0. The number of methoxy groups -OCH3 is 1. The maximum Gasteiger partial charge on any atom is 0.305 e. The van der Waals surface area contributed by atoms with Gasteiger partial charge in [0.05, 0.1) is 18.3 Å². The highest BCUT2D eigenvalue weighted by Gasteiger charge is 2.34. The molecule has 2 atom stereocenters. The third-order valence-electron chi connectivity index (χ3n) is 7.89. The first-order valence-corrected chi connectivity index (χ1v) is 14.1. The van der Waals surface area contributed by atoms with Crippen molar-refractivity contribution >= 4 is 29.5 Å². The fourth-order valence-corrected chi connectivity index (χ4v) is 7.00. The quantitative estimate of drug-likeness (QED) is 0.548. The summed E-state index contributed by atoms with van der Waals surface area (Å²) in [5.74, 6) is 1.11. The Hall–Kier alpha value is -1.80. The Morgan fingerprint density at radius 2 is 1.83 bits per heavy atom. The highest BCUT2D eigenvalue weighted by Crippen LogP contribution is 2.38. The Labute approximate surface area is 214 Å². The van der Waals surface area contributed by atoms with Crippen molar-refractivity contribution in [2.45, 2.75) is 87.5 Å². The van der Waals surface area contributed by atoms with Crippen LogP contribution in [0.4, 0.5) is 5.82 Å². The summed E-state index contributed by atoms with van der Waals surface area (Å²) >= 11 is 1.76. The number of rotatable bonds is 7. The maximum atomic E-state index is 13.7. The molecule has 1 amide bonds. The van der Waals surface area contributed by atoms with Crippen LogP contribution in [0.5, 0.6) is 0 Å². The molecule has 194 valence electrons. The molecular weight excluding hydrogens is 462 g/mol. The highest BCUT2D eigenvalue weighted by molar-refractivity contribution is 7.99. The van der Waals surface area contributed by atoms with Crippen LogP contribution in [-0.4, -0.2) is 71.0 Å². The van der Waals surface area contributed by atoms with E-state index in [4.69, 9.17) is 9.72 Å². The van der Waals surface area contributed by atoms with E-state index in [9.17, 15) is 14.7 Å². The van der Waals surface area contributed by atoms with Gasteiger partial charge in [-0.2, -0.15) is 0 Å². The van der Waals surface area contributed by atoms with E-state index < -0.39 is 5.60 Å². The average Bonchev–Trinajstić information content (AvgIpc) is 3.36. The van der Waals surface area contributed by atoms with Crippen molar-refractivity contribution in [3.05, 3.63) is 17.7 Å². The van der Waals surface area contributed by atoms with Gasteiger partial charge in [-0.3, -0.25) is 9.59 Å². The number of pyridine rings is 1. The molecule has 4 rings (SSSR count). The van der Waals surface area contributed by atoms with Gasteiger partial charge in [0.1, 0.15) is 10.8 Å². The lowest BCUT2D eigenvalue weighted by atomic mass is 9.84. The number of hydrogen-bond donors (Lipinski definition) is 1. The van der Waals surface area contributed by atoms with Gasteiger partial charge in [0.15, 0.2) is 0 Å². The molecule has 2 saturated heterocycles. The molecule has 1 aromatic heterocycles. The number of carbonyl (C=O) groups excluding carboxylic acids is 2. The number of piperidine rings is 2. The van der Waals surface area contributed by atoms with Gasteiger partial charge in [0.25, 0.3) is 5.91 Å². The predicted octanol–water partition coefficient (Wildman–Crippen LogP) is 4.52. The van der Waals surface area contributed by atoms with Crippen molar-refractivity contribution in [3.8, 4) is 0 Å². The summed E-state index contributed by atoms with van der Waals surface area (Å²) in [6.45, 7) is 6.68. The average molecular weight is 504 g/mol. The lowest BCUT2D eigenvalue weighted by molar-refractivity contribution is -0.141. The molecule has 8 heteroatoms. The molecule has 1 unspecified atom stereocenters. The molecule has 7 nitrogen and oxygen atoms in total. The summed E-state index contributed by atoms with van der Waals surface area (Å²) in [5.41, 5.74) is -0.109. The molecular formula is C27H41N3O4S. The van der Waals surface area contributed by atoms with E-state index in [2.05, 4.69) is 4.90 Å². The van der Waals surface area contributed by atoms with Gasteiger partial charge in [-0.25, -0.2) is 4.98 Å². The fraction of sp³-hybridized carbons (Fsp3) is 0.741. The number of likely N-dealkylation sites (tertiary alicyclic amines) is 1. The minimum atomic E-state index is -0.794. The van der Waals surface area contributed by atoms with Crippen molar-refractivity contribution < 1.29 is 19.4 Å². The van der Waals surface area contributed by atoms with Gasteiger partial charge in [0.2, 0.25) is 0 Å². The summed E-state index contributed by atoms with van der Waals surface area (Å²) in [6.07, 6.45) is 9.12. The Balaban J connectivity index is 1.55. The van der Waals surface area contributed by atoms with Crippen molar-refractivity contribution in [1.29, 1.82) is 0 Å². The zero-order chi connectivity index (χ0) is 25.0. The topological polar surface area (TPSA) is 83.0 Å². The molecule has 1 N–H and O–H groups in total. The van der Waals surface area contributed by atoms with Gasteiger partial charge < -0.3 is 19.6 Å². The summed E-state index contributed by atoms with van der Waals surface area (Å²) in [4.78, 5) is 34.7. The number of ether oxygens (including phenoxy) is 1. The van der Waals surface area contributed by atoms with E-state index in [0.717, 1.165) is 56.2 Å². The second-order valence-electron chi connectivity index (χ2n) is 11.0.